The van der Waals surface area contributed by atoms with Gasteiger partial charge in [0.1, 0.15) is 0 Å². The molecule has 3 atom stereocenters. The van der Waals surface area contributed by atoms with Gasteiger partial charge in [0.05, 0.1) is 0 Å². The molecule has 4 heteroatoms. The van der Waals surface area contributed by atoms with Crippen LogP contribution < -0.4 is 5.32 Å². The molecule has 0 spiro atoms. The highest BCUT2D eigenvalue weighted by Crippen LogP contribution is 2.34. The predicted molar refractivity (Wildman–Crippen MR) is 95.4 cm³/mol. The molecule has 3 unspecified atom stereocenters. The van der Waals surface area contributed by atoms with Gasteiger partial charge in [0.15, 0.2) is 0 Å². The predicted octanol–water partition coefficient (Wildman–Crippen LogP) is 4.49. The van der Waals surface area contributed by atoms with Gasteiger partial charge in [-0.2, -0.15) is 23.5 Å². The summed E-state index contributed by atoms with van der Waals surface area (Å²) in [5, 5.41) is 6.02. The summed E-state index contributed by atoms with van der Waals surface area (Å²) in [7, 11) is 0. The molecule has 0 aromatic heterocycles. The Morgan fingerprint density at radius 1 is 1.35 bits per heavy atom. The Kier molecular flexibility index (Phi) is 7.09. The summed E-state index contributed by atoms with van der Waals surface area (Å²) in [4.78, 5) is 0. The molecule has 2 rings (SSSR count). The van der Waals surface area contributed by atoms with Crippen LogP contribution >= 0.6 is 35.1 Å². The first-order valence-corrected chi connectivity index (χ1v) is 9.89. The van der Waals surface area contributed by atoms with Gasteiger partial charge < -0.3 is 5.32 Å². The maximum absolute atomic E-state index is 6.12. The summed E-state index contributed by atoms with van der Waals surface area (Å²) in [5.74, 6) is 2.57. The quantitative estimate of drug-likeness (QED) is 0.826. The van der Waals surface area contributed by atoms with Crippen molar-refractivity contribution in [3.63, 3.8) is 0 Å². The van der Waals surface area contributed by atoms with Crippen molar-refractivity contribution in [2.24, 2.45) is 0 Å². The summed E-state index contributed by atoms with van der Waals surface area (Å²) in [5.41, 5.74) is 1.34. The zero-order chi connectivity index (χ0) is 14.4. The molecule has 0 aliphatic carbocycles. The van der Waals surface area contributed by atoms with Crippen molar-refractivity contribution in [3.05, 3.63) is 34.9 Å². The van der Waals surface area contributed by atoms with Crippen LogP contribution in [-0.2, 0) is 6.42 Å². The van der Waals surface area contributed by atoms with Crippen molar-refractivity contribution in [2.75, 3.05) is 18.1 Å². The van der Waals surface area contributed by atoms with E-state index in [9.17, 15) is 0 Å². The molecule has 1 aliphatic heterocycles. The van der Waals surface area contributed by atoms with Crippen LogP contribution in [0.3, 0.4) is 0 Å². The van der Waals surface area contributed by atoms with Gasteiger partial charge in [0, 0.05) is 33.1 Å². The van der Waals surface area contributed by atoms with Crippen LogP contribution in [0.15, 0.2) is 24.3 Å². The molecule has 1 fully saturated rings. The lowest BCUT2D eigenvalue weighted by atomic mass is 10.0. The van der Waals surface area contributed by atoms with Crippen molar-refractivity contribution in [2.45, 2.75) is 43.2 Å². The zero-order valence-corrected chi connectivity index (χ0v) is 14.7. The van der Waals surface area contributed by atoms with Crippen molar-refractivity contribution in [1.82, 2.24) is 5.32 Å². The number of halogens is 1. The third-order valence-electron chi connectivity index (χ3n) is 3.63. The van der Waals surface area contributed by atoms with Gasteiger partial charge in [-0.05, 0) is 37.1 Å². The van der Waals surface area contributed by atoms with Crippen LogP contribution in [0.1, 0.15) is 25.8 Å². The van der Waals surface area contributed by atoms with Crippen molar-refractivity contribution in [1.29, 1.82) is 0 Å². The summed E-state index contributed by atoms with van der Waals surface area (Å²) in [6, 6.07) is 8.85. The number of hydrogen-bond donors (Lipinski definition) is 1. The lowest BCUT2D eigenvalue weighted by Gasteiger charge is -2.35. The fourth-order valence-electron chi connectivity index (χ4n) is 2.64. The summed E-state index contributed by atoms with van der Waals surface area (Å²) in [6.07, 6.45) is 2.26. The molecule has 0 amide bonds. The molecule has 1 nitrogen and oxygen atoms in total. The lowest BCUT2D eigenvalue weighted by molar-refractivity contribution is 0.486. The SMILES string of the molecule is CCCNC(Cc1cccc(Cl)c1)C1SCCSC1C. The third-order valence-corrected chi connectivity index (χ3v) is 7.12. The average molecular weight is 330 g/mol. The van der Waals surface area contributed by atoms with E-state index in [2.05, 4.69) is 60.9 Å². The second-order valence-corrected chi connectivity index (χ2v) is 8.51. The molecular weight excluding hydrogens is 306 g/mol. The monoisotopic (exact) mass is 329 g/mol. The van der Waals surface area contributed by atoms with E-state index in [-0.39, 0.29) is 0 Å². The number of thioether (sulfide) groups is 2. The van der Waals surface area contributed by atoms with E-state index in [1.165, 1.54) is 23.5 Å². The highest BCUT2D eigenvalue weighted by atomic mass is 35.5. The number of hydrogen-bond acceptors (Lipinski definition) is 3. The molecule has 20 heavy (non-hydrogen) atoms. The first kappa shape index (κ1) is 16.5. The van der Waals surface area contributed by atoms with Gasteiger partial charge in [-0.1, -0.05) is 37.6 Å². The van der Waals surface area contributed by atoms with Crippen LogP contribution in [0.2, 0.25) is 5.02 Å². The molecule has 1 aromatic rings. The van der Waals surface area contributed by atoms with Gasteiger partial charge in [-0.15, -0.1) is 0 Å². The molecule has 0 saturated carbocycles. The Balaban J connectivity index is 2.06. The Labute approximate surface area is 136 Å². The standard InChI is InChI=1S/C16H24ClNS2/c1-3-7-18-15(16-12(2)19-8-9-20-16)11-13-5-4-6-14(17)10-13/h4-6,10,12,15-16,18H,3,7-9,11H2,1-2H3. The minimum absolute atomic E-state index is 0.543. The van der Waals surface area contributed by atoms with E-state index in [1.807, 2.05) is 6.07 Å². The summed E-state index contributed by atoms with van der Waals surface area (Å²) >= 11 is 10.4. The van der Waals surface area contributed by atoms with Gasteiger partial charge in [0.2, 0.25) is 0 Å². The minimum Gasteiger partial charge on any atom is -0.313 e. The van der Waals surface area contributed by atoms with Gasteiger partial charge in [-0.25, -0.2) is 0 Å². The molecule has 1 N–H and O–H groups in total. The van der Waals surface area contributed by atoms with Gasteiger partial charge in [0.25, 0.3) is 0 Å². The van der Waals surface area contributed by atoms with E-state index < -0.39 is 0 Å². The Bertz CT molecular complexity index is 413. The van der Waals surface area contributed by atoms with E-state index in [4.69, 9.17) is 11.6 Å². The first-order chi connectivity index (χ1) is 9.70. The van der Waals surface area contributed by atoms with E-state index in [1.54, 1.807) is 0 Å². The lowest BCUT2D eigenvalue weighted by Crippen LogP contribution is -2.46. The zero-order valence-electron chi connectivity index (χ0n) is 12.3. The molecule has 1 heterocycles. The number of benzene rings is 1. The normalized spacial score (nSPS) is 24.6. The Morgan fingerprint density at radius 2 is 2.15 bits per heavy atom. The van der Waals surface area contributed by atoms with Crippen LogP contribution in [0.25, 0.3) is 0 Å². The smallest absolute Gasteiger partial charge is 0.0408 e. The van der Waals surface area contributed by atoms with E-state index >= 15 is 0 Å². The van der Waals surface area contributed by atoms with Crippen LogP contribution in [0.5, 0.6) is 0 Å². The molecule has 1 aliphatic rings. The molecule has 112 valence electrons. The van der Waals surface area contributed by atoms with Crippen LogP contribution in [0.4, 0.5) is 0 Å². The molecule has 0 radical (unpaired) electrons. The molecule has 1 saturated heterocycles. The third kappa shape index (κ3) is 4.87. The van der Waals surface area contributed by atoms with Crippen molar-refractivity contribution < 1.29 is 0 Å². The Morgan fingerprint density at radius 3 is 2.85 bits per heavy atom. The maximum Gasteiger partial charge on any atom is 0.0408 e. The molecular formula is C16H24ClNS2. The number of nitrogens with one attached hydrogen (secondary N) is 1. The molecule has 0 bridgehead atoms. The largest absolute Gasteiger partial charge is 0.313 e. The van der Waals surface area contributed by atoms with Crippen molar-refractivity contribution in [3.8, 4) is 0 Å². The highest BCUT2D eigenvalue weighted by molar-refractivity contribution is 8.07. The minimum atomic E-state index is 0.543. The fourth-order valence-corrected chi connectivity index (χ4v) is 5.82. The highest BCUT2D eigenvalue weighted by Gasteiger charge is 2.30. The van der Waals surface area contributed by atoms with Crippen LogP contribution in [-0.4, -0.2) is 34.6 Å². The topological polar surface area (TPSA) is 12.0 Å². The number of rotatable bonds is 6. The summed E-state index contributed by atoms with van der Waals surface area (Å²) < 4.78 is 0. The molecule has 1 aromatic carbocycles. The van der Waals surface area contributed by atoms with Crippen LogP contribution in [0, 0.1) is 0 Å². The Hall–Kier alpha value is 0.170. The van der Waals surface area contributed by atoms with E-state index in [0.29, 0.717) is 11.3 Å². The van der Waals surface area contributed by atoms with E-state index in [0.717, 1.165) is 23.2 Å². The van der Waals surface area contributed by atoms with Crippen molar-refractivity contribution >= 4 is 35.1 Å². The summed E-state index contributed by atoms with van der Waals surface area (Å²) in [6.45, 7) is 5.70. The maximum atomic E-state index is 6.12. The first-order valence-electron chi connectivity index (χ1n) is 7.41. The fraction of sp³-hybridized carbons (Fsp3) is 0.625. The van der Waals surface area contributed by atoms with Gasteiger partial charge in [-0.3, -0.25) is 0 Å². The second kappa shape index (κ2) is 8.57. The van der Waals surface area contributed by atoms with Gasteiger partial charge >= 0.3 is 0 Å². The average Bonchev–Trinajstić information content (AvgIpc) is 2.44. The second-order valence-electron chi connectivity index (χ2n) is 5.31.